The van der Waals surface area contributed by atoms with E-state index in [2.05, 4.69) is 61.3 Å². The second-order valence-electron chi connectivity index (χ2n) is 13.0. The van der Waals surface area contributed by atoms with Crippen molar-refractivity contribution < 1.29 is 14.3 Å². The summed E-state index contributed by atoms with van der Waals surface area (Å²) >= 11 is 0. The smallest absolute Gasteiger partial charge is 0.253 e. The van der Waals surface area contributed by atoms with Gasteiger partial charge in [0.2, 0.25) is 0 Å². The Morgan fingerprint density at radius 2 is 1.71 bits per heavy atom. The van der Waals surface area contributed by atoms with E-state index in [4.69, 9.17) is 9.47 Å². The van der Waals surface area contributed by atoms with Crippen molar-refractivity contribution in [1.29, 1.82) is 0 Å². The quantitative estimate of drug-likeness (QED) is 0.186. The number of unbranched alkanes of at least 4 members (excludes halogenated alkanes) is 1. The third kappa shape index (κ3) is 8.86. The van der Waals surface area contributed by atoms with Crippen LogP contribution < -0.4 is 15.6 Å². The molecular formula is C38H53N3O4. The number of amides is 1. The average molecular weight is 616 g/mol. The Morgan fingerprint density at radius 3 is 2.33 bits per heavy atom. The Bertz CT molecular complexity index is 1470. The van der Waals surface area contributed by atoms with Crippen LogP contribution in [0.5, 0.6) is 5.75 Å². The molecule has 3 aromatic rings. The number of methoxy groups -OCH3 is 1. The van der Waals surface area contributed by atoms with Crippen LogP contribution in [-0.2, 0) is 11.3 Å². The minimum absolute atomic E-state index is 0.153. The van der Waals surface area contributed by atoms with Gasteiger partial charge in [0.1, 0.15) is 12.4 Å². The van der Waals surface area contributed by atoms with E-state index in [1.165, 1.54) is 31.2 Å². The number of aromatic nitrogens is 1. The van der Waals surface area contributed by atoms with Crippen molar-refractivity contribution in [3.8, 4) is 16.9 Å². The lowest BCUT2D eigenvalue weighted by molar-refractivity contribution is 0.0950. The number of H-pyrrole nitrogens is 1. The maximum absolute atomic E-state index is 13.9. The van der Waals surface area contributed by atoms with Crippen LogP contribution in [0.2, 0.25) is 0 Å². The Labute approximate surface area is 269 Å². The number of aryl methyl sites for hydroxylation is 2. The maximum atomic E-state index is 13.9. The summed E-state index contributed by atoms with van der Waals surface area (Å²) in [4.78, 5) is 31.9. The van der Waals surface area contributed by atoms with Gasteiger partial charge in [0.15, 0.2) is 0 Å². The third-order valence-corrected chi connectivity index (χ3v) is 9.66. The monoisotopic (exact) mass is 615 g/mol. The molecular weight excluding hydrogens is 562 g/mol. The first-order valence-electron chi connectivity index (χ1n) is 16.6. The van der Waals surface area contributed by atoms with Gasteiger partial charge >= 0.3 is 0 Å². The summed E-state index contributed by atoms with van der Waals surface area (Å²) in [6.45, 7) is 9.36. The summed E-state index contributed by atoms with van der Waals surface area (Å²) in [5.74, 6) is 1.61. The van der Waals surface area contributed by atoms with Crippen molar-refractivity contribution in [2.75, 3.05) is 34.4 Å². The minimum atomic E-state index is -0.153. The van der Waals surface area contributed by atoms with Gasteiger partial charge in [0, 0.05) is 36.5 Å². The Hall–Kier alpha value is -3.42. The fourth-order valence-electron chi connectivity index (χ4n) is 6.97. The molecule has 1 unspecified atom stereocenters. The van der Waals surface area contributed by atoms with Gasteiger partial charge in [0.05, 0.1) is 6.61 Å². The second-order valence-corrected chi connectivity index (χ2v) is 13.0. The number of carbonyl (C=O) groups excluding carboxylic acids is 1. The van der Waals surface area contributed by atoms with Crippen molar-refractivity contribution in [1.82, 2.24) is 15.2 Å². The number of hydrogen-bond acceptors (Lipinski definition) is 5. The highest BCUT2D eigenvalue weighted by Crippen LogP contribution is 2.43. The predicted octanol–water partition coefficient (Wildman–Crippen LogP) is 7.32. The number of nitrogens with one attached hydrogen (secondary N) is 2. The fraction of sp³-hybridized carbons (Fsp3) is 0.526. The molecule has 1 atom stereocenters. The van der Waals surface area contributed by atoms with Crippen LogP contribution in [0.4, 0.5) is 0 Å². The summed E-state index contributed by atoms with van der Waals surface area (Å²) in [5.41, 5.74) is 7.19. The van der Waals surface area contributed by atoms with E-state index in [1.54, 1.807) is 7.11 Å². The molecule has 244 valence electrons. The molecule has 4 rings (SSSR count). The second kappa shape index (κ2) is 16.2. The molecule has 0 saturated heterocycles. The van der Waals surface area contributed by atoms with E-state index in [-0.39, 0.29) is 18.0 Å². The van der Waals surface area contributed by atoms with Gasteiger partial charge in [-0.15, -0.1) is 0 Å². The van der Waals surface area contributed by atoms with E-state index in [9.17, 15) is 9.59 Å². The van der Waals surface area contributed by atoms with Gasteiger partial charge in [-0.2, -0.15) is 0 Å². The largest absolute Gasteiger partial charge is 0.491 e. The zero-order valence-electron chi connectivity index (χ0n) is 28.4. The molecule has 0 aliphatic heterocycles. The van der Waals surface area contributed by atoms with Crippen LogP contribution >= 0.6 is 0 Å². The maximum Gasteiger partial charge on any atom is 0.253 e. The van der Waals surface area contributed by atoms with E-state index in [1.807, 2.05) is 38.1 Å². The molecule has 1 fully saturated rings. The fourth-order valence-corrected chi connectivity index (χ4v) is 6.97. The number of rotatable bonds is 14. The van der Waals surface area contributed by atoms with Crippen molar-refractivity contribution in [2.24, 2.45) is 5.92 Å². The van der Waals surface area contributed by atoms with Gasteiger partial charge in [-0.3, -0.25) is 9.59 Å². The number of hydrogen-bond donors (Lipinski definition) is 2. The molecule has 0 radical (unpaired) electrons. The topological polar surface area (TPSA) is 83.7 Å². The van der Waals surface area contributed by atoms with E-state index in [0.717, 1.165) is 53.0 Å². The molecule has 7 nitrogen and oxygen atoms in total. The summed E-state index contributed by atoms with van der Waals surface area (Å²) in [5, 5.41) is 3.08. The first-order valence-corrected chi connectivity index (χ1v) is 16.6. The molecule has 2 N–H and O–H groups in total. The standard InChI is InChI=1S/C38H53N3O4/c1-8-9-10-33(29-11-15-31(16-12-29)41(5)6)34-22-30(28-13-17-32(18-14-28)45-20-19-44-7)23-35(27(34)4)37(42)39-24-36-25(2)21-26(3)40-38(36)43/h13-14,17-18,21-23,29,31,33H,8-12,15-16,19-20,24H2,1-7H3,(H,39,42)(H,40,43). The molecule has 1 aromatic heterocycles. The molecule has 0 bridgehead atoms. The van der Waals surface area contributed by atoms with Crippen molar-refractivity contribution in [2.45, 2.75) is 91.1 Å². The van der Waals surface area contributed by atoms with Gasteiger partial charge in [0.25, 0.3) is 11.5 Å². The Morgan fingerprint density at radius 1 is 1.00 bits per heavy atom. The van der Waals surface area contributed by atoms with Gasteiger partial charge in [-0.25, -0.2) is 0 Å². The van der Waals surface area contributed by atoms with Crippen molar-refractivity contribution in [3.05, 3.63) is 86.3 Å². The highest BCUT2D eigenvalue weighted by Gasteiger charge is 2.31. The van der Waals surface area contributed by atoms with Crippen LogP contribution in [0.25, 0.3) is 11.1 Å². The first-order chi connectivity index (χ1) is 21.6. The van der Waals surface area contributed by atoms with Gasteiger partial charge < -0.3 is 24.7 Å². The minimum Gasteiger partial charge on any atom is -0.491 e. The number of ether oxygens (including phenoxy) is 2. The molecule has 1 aliphatic rings. The zero-order valence-corrected chi connectivity index (χ0v) is 28.4. The zero-order chi connectivity index (χ0) is 32.5. The summed E-state index contributed by atoms with van der Waals surface area (Å²) in [6, 6.07) is 15.0. The molecule has 1 heterocycles. The lowest BCUT2D eigenvalue weighted by Crippen LogP contribution is -2.33. The lowest BCUT2D eigenvalue weighted by Gasteiger charge is -2.37. The van der Waals surface area contributed by atoms with Crippen LogP contribution in [0.15, 0.2) is 47.3 Å². The van der Waals surface area contributed by atoms with Crippen LogP contribution in [0, 0.1) is 26.7 Å². The highest BCUT2D eigenvalue weighted by atomic mass is 16.5. The summed E-state index contributed by atoms with van der Waals surface area (Å²) < 4.78 is 10.9. The van der Waals surface area contributed by atoms with E-state index >= 15 is 0 Å². The molecule has 45 heavy (non-hydrogen) atoms. The SMILES string of the molecule is CCCCC(c1cc(-c2ccc(OCCOC)cc2)cc(C(=O)NCc2c(C)cc(C)[nH]c2=O)c1C)C1CCC(N(C)C)CC1. The number of carbonyl (C=O) groups is 1. The third-order valence-electron chi connectivity index (χ3n) is 9.66. The number of benzene rings is 2. The van der Waals surface area contributed by atoms with Gasteiger partial charge in [-0.05, 0) is 131 Å². The molecule has 0 spiro atoms. The van der Waals surface area contributed by atoms with Gasteiger partial charge in [-0.1, -0.05) is 38.0 Å². The Kier molecular flexibility index (Phi) is 12.4. The van der Waals surface area contributed by atoms with Crippen LogP contribution in [-0.4, -0.2) is 56.3 Å². The van der Waals surface area contributed by atoms with Crippen molar-refractivity contribution in [3.63, 3.8) is 0 Å². The van der Waals surface area contributed by atoms with Crippen LogP contribution in [0.3, 0.4) is 0 Å². The molecule has 1 saturated carbocycles. The summed E-state index contributed by atoms with van der Waals surface area (Å²) in [7, 11) is 6.05. The molecule has 1 aliphatic carbocycles. The highest BCUT2D eigenvalue weighted by molar-refractivity contribution is 5.97. The predicted molar refractivity (Wildman–Crippen MR) is 183 cm³/mol. The number of nitrogens with zero attached hydrogens (tertiary/aromatic N) is 1. The average Bonchev–Trinajstić information content (AvgIpc) is 3.02. The van der Waals surface area contributed by atoms with Crippen LogP contribution in [0.1, 0.15) is 96.1 Å². The Balaban J connectivity index is 1.72. The normalized spacial score (nSPS) is 17.3. The first kappa shape index (κ1) is 34.5. The van der Waals surface area contributed by atoms with E-state index in [0.29, 0.717) is 42.2 Å². The summed E-state index contributed by atoms with van der Waals surface area (Å²) in [6.07, 6.45) is 8.24. The number of pyridine rings is 1. The molecule has 1 amide bonds. The number of aromatic amines is 1. The van der Waals surface area contributed by atoms with Crippen molar-refractivity contribution >= 4 is 5.91 Å². The molecule has 7 heteroatoms. The lowest BCUT2D eigenvalue weighted by atomic mass is 9.71. The van der Waals surface area contributed by atoms with E-state index < -0.39 is 0 Å². The molecule has 2 aromatic carbocycles.